The number of amides is 2. The smallest absolute Gasteiger partial charge is 0.328 e. The number of anilines is 1. The van der Waals surface area contributed by atoms with Gasteiger partial charge in [0.15, 0.2) is 6.61 Å². The SMILES string of the molecule is CSc1cccc(NC(=O)COC(=O)[C@H](C)NC(=O)c2ccccc2Cl)c1. The monoisotopic (exact) mass is 406 g/mol. The Kier molecular flexibility index (Phi) is 7.69. The van der Waals surface area contributed by atoms with Gasteiger partial charge in [-0.3, -0.25) is 9.59 Å². The van der Waals surface area contributed by atoms with Crippen molar-refractivity contribution in [2.24, 2.45) is 0 Å². The molecule has 0 aromatic heterocycles. The molecule has 0 saturated heterocycles. The number of carbonyl (C=O) groups excluding carboxylic acids is 3. The lowest BCUT2D eigenvalue weighted by Crippen LogP contribution is -2.40. The van der Waals surface area contributed by atoms with E-state index in [1.54, 1.807) is 42.1 Å². The second-order valence-electron chi connectivity index (χ2n) is 5.56. The lowest BCUT2D eigenvalue weighted by molar-refractivity contribution is -0.148. The van der Waals surface area contributed by atoms with Crippen molar-refractivity contribution in [1.82, 2.24) is 5.32 Å². The average molecular weight is 407 g/mol. The highest BCUT2D eigenvalue weighted by atomic mass is 35.5. The molecule has 0 heterocycles. The van der Waals surface area contributed by atoms with Crippen LogP contribution < -0.4 is 10.6 Å². The highest BCUT2D eigenvalue weighted by molar-refractivity contribution is 7.98. The Morgan fingerprint density at radius 1 is 1.15 bits per heavy atom. The van der Waals surface area contributed by atoms with E-state index in [0.717, 1.165) is 4.90 Å². The first kappa shape index (κ1) is 20.8. The van der Waals surface area contributed by atoms with Crippen LogP contribution in [0.3, 0.4) is 0 Å². The van der Waals surface area contributed by atoms with E-state index in [4.69, 9.17) is 16.3 Å². The van der Waals surface area contributed by atoms with Gasteiger partial charge in [-0.05, 0) is 43.5 Å². The Bertz CT molecular complexity index is 844. The molecular formula is C19H19ClN2O4S. The summed E-state index contributed by atoms with van der Waals surface area (Å²) in [4.78, 5) is 37.1. The zero-order chi connectivity index (χ0) is 19.8. The molecule has 6 nitrogen and oxygen atoms in total. The number of hydrogen-bond acceptors (Lipinski definition) is 5. The molecule has 142 valence electrons. The van der Waals surface area contributed by atoms with Crippen LogP contribution in [0.1, 0.15) is 17.3 Å². The minimum atomic E-state index is -0.929. The zero-order valence-electron chi connectivity index (χ0n) is 14.8. The Hall–Kier alpha value is -2.51. The summed E-state index contributed by atoms with van der Waals surface area (Å²) >= 11 is 7.50. The summed E-state index contributed by atoms with van der Waals surface area (Å²) in [6.45, 7) is 1.02. The van der Waals surface area contributed by atoms with Crippen molar-refractivity contribution >= 4 is 46.8 Å². The average Bonchev–Trinajstić information content (AvgIpc) is 2.66. The third kappa shape index (κ3) is 6.30. The highest BCUT2D eigenvalue weighted by Gasteiger charge is 2.20. The van der Waals surface area contributed by atoms with Crippen LogP contribution in [0.15, 0.2) is 53.4 Å². The topological polar surface area (TPSA) is 84.5 Å². The third-order valence-electron chi connectivity index (χ3n) is 3.52. The summed E-state index contributed by atoms with van der Waals surface area (Å²) in [5.74, 6) is -1.68. The van der Waals surface area contributed by atoms with Gasteiger partial charge in [0, 0.05) is 10.6 Å². The molecule has 1 atom stereocenters. The normalized spacial score (nSPS) is 11.4. The Morgan fingerprint density at radius 2 is 1.89 bits per heavy atom. The molecule has 27 heavy (non-hydrogen) atoms. The first-order chi connectivity index (χ1) is 12.9. The fraction of sp³-hybridized carbons (Fsp3) is 0.211. The largest absolute Gasteiger partial charge is 0.454 e. The maximum absolute atomic E-state index is 12.1. The second-order valence-corrected chi connectivity index (χ2v) is 6.85. The molecule has 0 bridgehead atoms. The van der Waals surface area contributed by atoms with Crippen LogP contribution in [0.4, 0.5) is 5.69 Å². The van der Waals surface area contributed by atoms with Crippen molar-refractivity contribution in [1.29, 1.82) is 0 Å². The van der Waals surface area contributed by atoms with Gasteiger partial charge in [0.2, 0.25) is 0 Å². The number of rotatable bonds is 7. The lowest BCUT2D eigenvalue weighted by atomic mass is 10.2. The van der Waals surface area contributed by atoms with Crippen molar-refractivity contribution in [2.75, 3.05) is 18.2 Å². The zero-order valence-corrected chi connectivity index (χ0v) is 16.4. The van der Waals surface area contributed by atoms with Crippen molar-refractivity contribution in [3.63, 3.8) is 0 Å². The van der Waals surface area contributed by atoms with E-state index < -0.39 is 30.4 Å². The molecule has 0 aliphatic rings. The number of halogens is 1. The molecule has 2 rings (SSSR count). The van der Waals surface area contributed by atoms with Crippen LogP contribution in [-0.4, -0.2) is 36.7 Å². The molecule has 2 amide bonds. The van der Waals surface area contributed by atoms with Crippen molar-refractivity contribution in [3.8, 4) is 0 Å². The van der Waals surface area contributed by atoms with Crippen molar-refractivity contribution < 1.29 is 19.1 Å². The molecule has 0 fully saturated rings. The van der Waals surface area contributed by atoms with Gasteiger partial charge < -0.3 is 15.4 Å². The standard InChI is InChI=1S/C19H19ClN2O4S/c1-12(21-18(24)15-8-3-4-9-16(15)20)19(25)26-11-17(23)22-13-6-5-7-14(10-13)27-2/h3-10,12H,11H2,1-2H3,(H,21,24)(H,22,23)/t12-/m0/s1. The summed E-state index contributed by atoms with van der Waals surface area (Å²) in [6.07, 6.45) is 1.93. The van der Waals surface area contributed by atoms with Crippen LogP contribution in [-0.2, 0) is 14.3 Å². The number of benzene rings is 2. The van der Waals surface area contributed by atoms with Crippen molar-refractivity contribution in [3.05, 3.63) is 59.1 Å². The number of esters is 1. The minimum absolute atomic E-state index is 0.255. The number of ether oxygens (including phenoxy) is 1. The second kappa shape index (κ2) is 9.99. The van der Waals surface area contributed by atoms with Gasteiger partial charge in [-0.1, -0.05) is 29.8 Å². The number of carbonyl (C=O) groups is 3. The summed E-state index contributed by atoms with van der Waals surface area (Å²) < 4.78 is 4.96. The molecule has 0 saturated carbocycles. The van der Waals surface area contributed by atoms with Crippen LogP contribution >= 0.6 is 23.4 Å². The Balaban J connectivity index is 1.82. The molecule has 2 N–H and O–H groups in total. The third-order valence-corrected chi connectivity index (χ3v) is 4.57. The summed E-state index contributed by atoms with van der Waals surface area (Å²) in [7, 11) is 0. The van der Waals surface area contributed by atoms with Crippen LogP contribution in [0.2, 0.25) is 5.02 Å². The summed E-state index contributed by atoms with van der Waals surface area (Å²) in [5, 5.41) is 5.42. The van der Waals surface area contributed by atoms with E-state index in [2.05, 4.69) is 10.6 Å². The lowest BCUT2D eigenvalue weighted by Gasteiger charge is -2.14. The Labute approximate surface area is 166 Å². The molecule has 2 aromatic carbocycles. The van der Waals surface area contributed by atoms with Gasteiger partial charge in [0.25, 0.3) is 11.8 Å². The van der Waals surface area contributed by atoms with Gasteiger partial charge in [0.1, 0.15) is 6.04 Å². The van der Waals surface area contributed by atoms with Crippen molar-refractivity contribution in [2.45, 2.75) is 17.9 Å². The number of thioether (sulfide) groups is 1. The fourth-order valence-corrected chi connectivity index (χ4v) is 2.82. The molecule has 0 aliphatic carbocycles. The van der Waals surface area contributed by atoms with Crippen LogP contribution in [0, 0.1) is 0 Å². The molecule has 0 spiro atoms. The van der Waals surface area contributed by atoms with Crippen LogP contribution in [0.25, 0.3) is 0 Å². The maximum Gasteiger partial charge on any atom is 0.328 e. The molecular weight excluding hydrogens is 388 g/mol. The summed E-state index contributed by atoms with van der Waals surface area (Å²) in [5.41, 5.74) is 0.869. The first-order valence-electron chi connectivity index (χ1n) is 8.06. The van der Waals surface area contributed by atoms with Gasteiger partial charge in [0.05, 0.1) is 10.6 Å². The molecule has 8 heteroatoms. The first-order valence-corrected chi connectivity index (χ1v) is 9.67. The molecule has 0 aliphatic heterocycles. The van der Waals surface area contributed by atoms with E-state index in [0.29, 0.717) is 5.69 Å². The van der Waals surface area contributed by atoms with E-state index in [-0.39, 0.29) is 10.6 Å². The summed E-state index contributed by atoms with van der Waals surface area (Å²) in [6, 6.07) is 12.9. The molecule has 0 unspecified atom stereocenters. The highest BCUT2D eigenvalue weighted by Crippen LogP contribution is 2.19. The maximum atomic E-state index is 12.1. The number of nitrogens with one attached hydrogen (secondary N) is 2. The van der Waals surface area contributed by atoms with Gasteiger partial charge in [-0.2, -0.15) is 0 Å². The van der Waals surface area contributed by atoms with E-state index in [1.165, 1.54) is 6.92 Å². The van der Waals surface area contributed by atoms with Gasteiger partial charge in [-0.15, -0.1) is 11.8 Å². The fourth-order valence-electron chi connectivity index (χ4n) is 2.14. The van der Waals surface area contributed by atoms with Gasteiger partial charge in [-0.25, -0.2) is 4.79 Å². The minimum Gasteiger partial charge on any atom is -0.454 e. The van der Waals surface area contributed by atoms with E-state index in [1.807, 2.05) is 24.5 Å². The quantitative estimate of drug-likeness (QED) is 0.544. The predicted octanol–water partition coefficient (Wildman–Crippen LogP) is 3.36. The number of hydrogen-bond donors (Lipinski definition) is 2. The van der Waals surface area contributed by atoms with E-state index >= 15 is 0 Å². The Morgan fingerprint density at radius 3 is 2.59 bits per heavy atom. The predicted molar refractivity (Wildman–Crippen MR) is 106 cm³/mol. The van der Waals surface area contributed by atoms with E-state index in [9.17, 15) is 14.4 Å². The molecule has 0 radical (unpaired) electrons. The molecule has 2 aromatic rings. The van der Waals surface area contributed by atoms with Gasteiger partial charge >= 0.3 is 5.97 Å². The van der Waals surface area contributed by atoms with Crippen LogP contribution in [0.5, 0.6) is 0 Å².